The Kier molecular flexibility index (Phi) is 3.94. The quantitative estimate of drug-likeness (QED) is 0.510. The number of halogens is 1. The van der Waals surface area contributed by atoms with Gasteiger partial charge in [-0.05, 0) is 18.0 Å². The fraction of sp³-hybridized carbons (Fsp3) is 0.700. The van der Waals surface area contributed by atoms with Crippen molar-refractivity contribution >= 4 is 25.1 Å². The summed E-state index contributed by atoms with van der Waals surface area (Å²) in [5.74, 6) is 0. The average Bonchev–Trinajstić information content (AvgIpc) is 1.82. The largest absolute Gasteiger partial charge is 0.301 e. The number of allylic oxidation sites excluding steroid dienone is 2. The molecule has 0 unspecified atom stereocenters. The number of carbonyl (C=O) groups is 1. The molecule has 0 bridgehead atoms. The van der Waals surface area contributed by atoms with Gasteiger partial charge in [0.25, 0.3) is 0 Å². The molecule has 0 aromatic rings. The van der Waals surface area contributed by atoms with Gasteiger partial charge in [0.05, 0.1) is 0 Å². The Morgan fingerprint density at radius 2 is 1.69 bits per heavy atom. The van der Waals surface area contributed by atoms with E-state index in [0.717, 1.165) is 0 Å². The molecule has 0 heterocycles. The molecule has 0 radical (unpaired) electrons. The zero-order valence-corrected chi connectivity index (χ0v) is 11.1. The van der Waals surface area contributed by atoms with E-state index in [1.165, 1.54) is 0 Å². The van der Waals surface area contributed by atoms with E-state index in [1.807, 2.05) is 0 Å². The summed E-state index contributed by atoms with van der Waals surface area (Å²) >= 11 is 5.69. The summed E-state index contributed by atoms with van der Waals surface area (Å²) in [6, 6.07) is 0. The SMILES string of the molecule is C/C(Cl)=C/C(=O)[Si](C)(C)C(C)(C)C. The van der Waals surface area contributed by atoms with Crippen molar-refractivity contribution in [3.63, 3.8) is 0 Å². The molecule has 0 amide bonds. The molecule has 0 aromatic carbocycles. The third-order valence-electron chi connectivity index (χ3n) is 2.82. The number of rotatable bonds is 2. The number of carbonyl (C=O) groups excluding carboxylic acids is 1. The molecule has 0 fully saturated rings. The summed E-state index contributed by atoms with van der Waals surface area (Å²) in [5.41, 5.74) is 0. The van der Waals surface area contributed by atoms with E-state index in [2.05, 4.69) is 33.9 Å². The van der Waals surface area contributed by atoms with Crippen LogP contribution in [0.4, 0.5) is 0 Å². The second kappa shape index (κ2) is 3.97. The molecule has 0 spiro atoms. The first kappa shape index (κ1) is 12.9. The summed E-state index contributed by atoms with van der Waals surface area (Å²) < 4.78 is 0. The Morgan fingerprint density at radius 3 is 1.92 bits per heavy atom. The molecule has 0 aromatic heterocycles. The number of hydrogen-bond acceptors (Lipinski definition) is 1. The van der Waals surface area contributed by atoms with Crippen molar-refractivity contribution in [3.8, 4) is 0 Å². The lowest BCUT2D eigenvalue weighted by Gasteiger charge is -2.34. The molecule has 3 heteroatoms. The van der Waals surface area contributed by atoms with Crippen LogP contribution in [0.2, 0.25) is 18.1 Å². The molecular formula is C10H19ClOSi. The summed E-state index contributed by atoms with van der Waals surface area (Å²) in [5, 5.41) is 0.898. The fourth-order valence-electron chi connectivity index (χ4n) is 0.731. The molecule has 0 N–H and O–H groups in total. The topological polar surface area (TPSA) is 17.1 Å². The van der Waals surface area contributed by atoms with Crippen LogP contribution in [-0.2, 0) is 4.79 Å². The highest BCUT2D eigenvalue weighted by Crippen LogP contribution is 2.36. The van der Waals surface area contributed by atoms with E-state index in [-0.39, 0.29) is 10.4 Å². The minimum absolute atomic E-state index is 0.0902. The van der Waals surface area contributed by atoms with E-state index in [0.29, 0.717) is 5.03 Å². The summed E-state index contributed by atoms with van der Waals surface area (Å²) in [6.45, 7) is 12.3. The molecule has 0 aliphatic heterocycles. The molecule has 0 aliphatic rings. The van der Waals surface area contributed by atoms with Crippen molar-refractivity contribution in [1.82, 2.24) is 0 Å². The van der Waals surface area contributed by atoms with Crippen LogP contribution < -0.4 is 0 Å². The summed E-state index contributed by atoms with van der Waals surface area (Å²) in [6.07, 6.45) is 1.57. The highest BCUT2D eigenvalue weighted by atomic mass is 35.5. The first-order valence-corrected chi connectivity index (χ1v) is 7.85. The van der Waals surface area contributed by atoms with Gasteiger partial charge in [0.2, 0.25) is 0 Å². The molecule has 0 saturated carbocycles. The Morgan fingerprint density at radius 1 is 1.31 bits per heavy atom. The predicted octanol–water partition coefficient (Wildman–Crippen LogP) is 3.75. The van der Waals surface area contributed by atoms with E-state index in [9.17, 15) is 4.79 Å². The zero-order valence-electron chi connectivity index (χ0n) is 9.36. The van der Waals surface area contributed by atoms with Crippen molar-refractivity contribution < 1.29 is 4.79 Å². The van der Waals surface area contributed by atoms with Crippen molar-refractivity contribution in [3.05, 3.63) is 11.1 Å². The van der Waals surface area contributed by atoms with Crippen molar-refractivity contribution in [2.24, 2.45) is 0 Å². The van der Waals surface area contributed by atoms with Crippen LogP contribution in [0.3, 0.4) is 0 Å². The van der Waals surface area contributed by atoms with E-state index < -0.39 is 8.07 Å². The van der Waals surface area contributed by atoms with Crippen molar-refractivity contribution in [2.75, 3.05) is 0 Å². The van der Waals surface area contributed by atoms with Crippen LogP contribution in [-0.4, -0.2) is 13.5 Å². The lowest BCUT2D eigenvalue weighted by Crippen LogP contribution is -2.45. The van der Waals surface area contributed by atoms with Crippen molar-refractivity contribution in [2.45, 2.75) is 45.8 Å². The molecule has 0 aliphatic carbocycles. The third-order valence-corrected chi connectivity index (χ3v) is 8.06. The molecule has 13 heavy (non-hydrogen) atoms. The normalized spacial score (nSPS) is 14.5. The summed E-state index contributed by atoms with van der Waals surface area (Å²) in [7, 11) is -1.87. The van der Waals surface area contributed by atoms with E-state index in [4.69, 9.17) is 11.6 Å². The molecule has 0 saturated heterocycles. The van der Waals surface area contributed by atoms with Crippen LogP contribution in [0.25, 0.3) is 0 Å². The summed E-state index contributed by atoms with van der Waals surface area (Å²) in [4.78, 5) is 11.8. The van der Waals surface area contributed by atoms with Gasteiger partial charge in [0.1, 0.15) is 13.5 Å². The van der Waals surface area contributed by atoms with Crippen LogP contribution in [0.5, 0.6) is 0 Å². The fourth-order valence-corrected chi connectivity index (χ4v) is 2.24. The second-order valence-corrected chi connectivity index (χ2v) is 10.8. The third kappa shape index (κ3) is 3.28. The maximum atomic E-state index is 11.8. The van der Waals surface area contributed by atoms with E-state index >= 15 is 0 Å². The van der Waals surface area contributed by atoms with Crippen LogP contribution in [0.1, 0.15) is 27.7 Å². The van der Waals surface area contributed by atoms with Gasteiger partial charge in [-0.3, -0.25) is 0 Å². The van der Waals surface area contributed by atoms with Crippen LogP contribution >= 0.6 is 11.6 Å². The van der Waals surface area contributed by atoms with Crippen LogP contribution in [0.15, 0.2) is 11.1 Å². The molecule has 0 atom stereocenters. The van der Waals surface area contributed by atoms with Gasteiger partial charge in [-0.15, -0.1) is 0 Å². The standard InChI is InChI=1S/C10H19ClOSi/c1-8(11)7-9(12)13(5,6)10(2,3)4/h7H,1-6H3/b8-7-. The van der Waals surface area contributed by atoms with E-state index in [1.54, 1.807) is 13.0 Å². The molecular weight excluding hydrogens is 200 g/mol. The Hall–Kier alpha value is -0.0831. The molecule has 1 nitrogen and oxygen atoms in total. The average molecular weight is 219 g/mol. The van der Waals surface area contributed by atoms with Gasteiger partial charge in [0.15, 0.2) is 0 Å². The first-order chi connectivity index (χ1) is 5.59. The maximum absolute atomic E-state index is 11.8. The smallest absolute Gasteiger partial charge is 0.137 e. The zero-order chi connectivity index (χ0) is 10.9. The highest BCUT2D eigenvalue weighted by Gasteiger charge is 2.40. The van der Waals surface area contributed by atoms with Crippen molar-refractivity contribution in [1.29, 1.82) is 0 Å². The Labute approximate surface area is 87.2 Å². The number of hydrogen-bond donors (Lipinski definition) is 0. The lowest BCUT2D eigenvalue weighted by molar-refractivity contribution is -0.108. The van der Waals surface area contributed by atoms with Gasteiger partial charge in [-0.2, -0.15) is 0 Å². The minimum atomic E-state index is -1.87. The Balaban J connectivity index is 4.87. The Bertz CT molecular complexity index is 232. The lowest BCUT2D eigenvalue weighted by atomic mass is 10.2. The monoisotopic (exact) mass is 218 g/mol. The highest BCUT2D eigenvalue weighted by molar-refractivity contribution is 7.07. The van der Waals surface area contributed by atoms with Gasteiger partial charge < -0.3 is 4.79 Å². The van der Waals surface area contributed by atoms with Gasteiger partial charge in [-0.25, -0.2) is 0 Å². The van der Waals surface area contributed by atoms with Gasteiger partial charge in [-0.1, -0.05) is 45.5 Å². The first-order valence-electron chi connectivity index (χ1n) is 4.47. The molecule has 76 valence electrons. The second-order valence-electron chi connectivity index (χ2n) is 4.97. The predicted molar refractivity (Wildman–Crippen MR) is 61.8 cm³/mol. The maximum Gasteiger partial charge on any atom is 0.137 e. The minimum Gasteiger partial charge on any atom is -0.301 e. The van der Waals surface area contributed by atoms with Gasteiger partial charge >= 0.3 is 0 Å². The van der Waals surface area contributed by atoms with Gasteiger partial charge in [0, 0.05) is 5.03 Å². The van der Waals surface area contributed by atoms with Crippen LogP contribution in [0, 0.1) is 0 Å². The molecule has 0 rings (SSSR count).